The Kier molecular flexibility index (Phi) is 10.8. The second kappa shape index (κ2) is 13.5. The topological polar surface area (TPSA) is 23.5 Å². The van der Waals surface area contributed by atoms with Crippen LogP contribution in [0.15, 0.2) is 60.7 Å². The third-order valence-electron chi connectivity index (χ3n) is 8.07. The Morgan fingerprint density at radius 3 is 1.80 bits per heavy atom. The van der Waals surface area contributed by atoms with Crippen molar-refractivity contribution in [1.29, 1.82) is 0 Å². The lowest BCUT2D eigenvalue weighted by molar-refractivity contribution is 0.306. The first-order valence-electron chi connectivity index (χ1n) is 15.8. The number of rotatable bonds is 11. The number of benzene rings is 3. The average Bonchev–Trinajstić information content (AvgIpc) is 2.84. The summed E-state index contributed by atoms with van der Waals surface area (Å²) in [6, 6.07) is 23.0. The molecule has 41 heavy (non-hydrogen) atoms. The summed E-state index contributed by atoms with van der Waals surface area (Å²) >= 11 is 0. The molecule has 0 fully saturated rings. The van der Waals surface area contributed by atoms with Crippen LogP contribution in [0.25, 0.3) is 0 Å². The van der Waals surface area contributed by atoms with Gasteiger partial charge in [0, 0.05) is 23.8 Å². The number of anilines is 1. The van der Waals surface area contributed by atoms with Crippen LogP contribution in [0.1, 0.15) is 115 Å². The fourth-order valence-electron chi connectivity index (χ4n) is 6.39. The van der Waals surface area contributed by atoms with Gasteiger partial charge in [-0.25, -0.2) is 0 Å². The van der Waals surface area contributed by atoms with Crippen LogP contribution in [-0.2, 0) is 24.8 Å². The molecule has 0 aliphatic rings. The first kappa shape index (κ1) is 32.8. The van der Waals surface area contributed by atoms with Gasteiger partial charge in [0.2, 0.25) is 0 Å². The molecule has 0 aromatic heterocycles. The first-order valence-corrected chi connectivity index (χ1v) is 15.8. The Labute approximate surface area is 252 Å². The molecule has 0 spiro atoms. The van der Waals surface area contributed by atoms with Gasteiger partial charge in [0.05, 0.1) is 0 Å². The molecule has 3 aromatic carbocycles. The van der Waals surface area contributed by atoms with Crippen LogP contribution in [0.2, 0.25) is 0 Å². The van der Waals surface area contributed by atoms with Crippen LogP contribution in [0, 0.1) is 24.2 Å². The first-order chi connectivity index (χ1) is 19.0. The maximum absolute atomic E-state index is 11.3. The van der Waals surface area contributed by atoms with Crippen LogP contribution in [-0.4, -0.2) is 11.1 Å². The highest BCUT2D eigenvalue weighted by Crippen LogP contribution is 2.36. The second-order valence-electron chi connectivity index (χ2n) is 15.4. The molecular weight excluding hydrogens is 498 g/mol. The quantitative estimate of drug-likeness (QED) is 0.254. The molecule has 224 valence electrons. The zero-order chi connectivity index (χ0) is 30.5. The molecule has 0 heterocycles. The molecule has 3 aromatic rings. The van der Waals surface area contributed by atoms with Crippen molar-refractivity contribution in [2.45, 2.75) is 120 Å². The van der Waals surface area contributed by atoms with Gasteiger partial charge < -0.3 is 10.0 Å². The minimum absolute atomic E-state index is 0.107. The largest absolute Gasteiger partial charge is 0.507 e. The van der Waals surface area contributed by atoms with E-state index in [4.69, 9.17) is 0 Å². The van der Waals surface area contributed by atoms with Crippen molar-refractivity contribution >= 4 is 5.69 Å². The van der Waals surface area contributed by atoms with E-state index in [2.05, 4.69) is 142 Å². The predicted molar refractivity (Wildman–Crippen MR) is 179 cm³/mol. The van der Waals surface area contributed by atoms with E-state index in [1.165, 1.54) is 34.4 Å². The van der Waals surface area contributed by atoms with E-state index in [-0.39, 0.29) is 5.41 Å². The number of nitrogens with zero attached hydrogens (tertiary/aromatic N) is 1. The molecule has 0 bridgehead atoms. The summed E-state index contributed by atoms with van der Waals surface area (Å²) in [5, 5.41) is 11.3. The average molecular weight is 556 g/mol. The van der Waals surface area contributed by atoms with Crippen LogP contribution in [0.4, 0.5) is 5.69 Å². The Bertz CT molecular complexity index is 1240. The molecule has 0 radical (unpaired) electrons. The maximum atomic E-state index is 11.3. The van der Waals surface area contributed by atoms with Gasteiger partial charge in [-0.05, 0) is 96.6 Å². The maximum Gasteiger partial charge on any atom is 0.124 e. The molecule has 2 unspecified atom stereocenters. The van der Waals surface area contributed by atoms with Gasteiger partial charge in [-0.2, -0.15) is 0 Å². The van der Waals surface area contributed by atoms with Crippen LogP contribution >= 0.6 is 0 Å². The van der Waals surface area contributed by atoms with Gasteiger partial charge in [-0.3, -0.25) is 0 Å². The number of aromatic hydroxyl groups is 1. The van der Waals surface area contributed by atoms with E-state index in [0.29, 0.717) is 35.6 Å². The van der Waals surface area contributed by atoms with E-state index in [0.717, 1.165) is 30.4 Å². The van der Waals surface area contributed by atoms with E-state index < -0.39 is 0 Å². The van der Waals surface area contributed by atoms with Gasteiger partial charge in [0.25, 0.3) is 0 Å². The Morgan fingerprint density at radius 2 is 1.29 bits per heavy atom. The van der Waals surface area contributed by atoms with E-state index in [9.17, 15) is 5.11 Å². The van der Waals surface area contributed by atoms with Crippen molar-refractivity contribution in [2.75, 3.05) is 4.90 Å². The monoisotopic (exact) mass is 555 g/mol. The van der Waals surface area contributed by atoms with Gasteiger partial charge in [-0.1, -0.05) is 116 Å². The highest BCUT2D eigenvalue weighted by molar-refractivity contribution is 5.53. The Balaban J connectivity index is 1.78. The molecule has 2 nitrogen and oxygen atoms in total. The van der Waals surface area contributed by atoms with Crippen molar-refractivity contribution in [3.05, 3.63) is 94.0 Å². The minimum Gasteiger partial charge on any atom is -0.507 e. The normalized spacial score (nSPS) is 13.9. The molecule has 0 saturated heterocycles. The van der Waals surface area contributed by atoms with Gasteiger partial charge >= 0.3 is 0 Å². The number of phenols is 1. The van der Waals surface area contributed by atoms with Crippen LogP contribution in [0.5, 0.6) is 5.75 Å². The Morgan fingerprint density at radius 1 is 0.756 bits per heavy atom. The van der Waals surface area contributed by atoms with Gasteiger partial charge in [0.15, 0.2) is 0 Å². The molecule has 0 amide bonds. The van der Waals surface area contributed by atoms with Crippen LogP contribution in [0.3, 0.4) is 0 Å². The minimum atomic E-state index is -0.107. The molecule has 0 aliphatic heterocycles. The second-order valence-corrected chi connectivity index (χ2v) is 15.4. The SMILES string of the molecule is Cc1cc(CN(c2ccc(Cc3ccc(CC(C)CC(C)(C)C)cc3)cc2)C(C)CC(C)C)c(O)c(C(C)(C)C)c1. The number of hydrogen-bond donors (Lipinski definition) is 1. The zero-order valence-electron chi connectivity index (χ0n) is 27.9. The van der Waals surface area contributed by atoms with Crippen molar-refractivity contribution < 1.29 is 5.11 Å². The lowest BCUT2D eigenvalue weighted by atomic mass is 9.83. The standard InChI is InChI=1S/C39H57NO/c1-27(2)20-30(5)40(26-34-22-28(3)23-36(37(34)41)39(9,10)11)35-18-16-33(17-19-35)24-32-14-12-31(13-15-32)21-29(4)25-38(6,7)8/h12-19,22-23,27,29-30,41H,20-21,24-26H2,1-11H3. The summed E-state index contributed by atoms with van der Waals surface area (Å²) in [7, 11) is 0. The van der Waals surface area contributed by atoms with Crippen molar-refractivity contribution in [3.63, 3.8) is 0 Å². The molecule has 1 N–H and O–H groups in total. The molecule has 0 aliphatic carbocycles. The fraction of sp³-hybridized carbons (Fsp3) is 0.538. The van der Waals surface area contributed by atoms with Gasteiger partial charge in [0.1, 0.15) is 5.75 Å². The zero-order valence-corrected chi connectivity index (χ0v) is 27.9. The molecule has 2 atom stereocenters. The van der Waals surface area contributed by atoms with Crippen LogP contribution < -0.4 is 4.90 Å². The number of hydrogen-bond acceptors (Lipinski definition) is 2. The summed E-state index contributed by atoms with van der Waals surface area (Å²) in [5.41, 5.74) is 8.83. The Hall–Kier alpha value is -2.74. The molecule has 0 saturated carbocycles. The lowest BCUT2D eigenvalue weighted by Gasteiger charge is -2.34. The van der Waals surface area contributed by atoms with Gasteiger partial charge in [-0.15, -0.1) is 0 Å². The van der Waals surface area contributed by atoms with E-state index >= 15 is 0 Å². The van der Waals surface area contributed by atoms with E-state index in [1.54, 1.807) is 0 Å². The smallest absolute Gasteiger partial charge is 0.124 e. The molecular formula is C39H57NO. The van der Waals surface area contributed by atoms with Crippen molar-refractivity contribution in [3.8, 4) is 5.75 Å². The third-order valence-corrected chi connectivity index (χ3v) is 8.07. The summed E-state index contributed by atoms with van der Waals surface area (Å²) in [6.45, 7) is 25.6. The van der Waals surface area contributed by atoms with Crippen molar-refractivity contribution in [2.24, 2.45) is 17.3 Å². The summed E-state index contributed by atoms with van der Waals surface area (Å²) in [4.78, 5) is 2.47. The fourth-order valence-corrected chi connectivity index (χ4v) is 6.39. The summed E-state index contributed by atoms with van der Waals surface area (Å²) < 4.78 is 0. The number of aryl methyl sites for hydroxylation is 1. The predicted octanol–water partition coefficient (Wildman–Crippen LogP) is 10.6. The van der Waals surface area contributed by atoms with Crippen molar-refractivity contribution in [1.82, 2.24) is 0 Å². The number of phenolic OH excluding ortho intramolecular Hbond substituents is 1. The highest BCUT2D eigenvalue weighted by Gasteiger charge is 2.24. The molecule has 2 heteroatoms. The highest BCUT2D eigenvalue weighted by atomic mass is 16.3. The lowest BCUT2D eigenvalue weighted by Crippen LogP contribution is -2.33. The summed E-state index contributed by atoms with van der Waals surface area (Å²) in [6.07, 6.45) is 4.42. The third kappa shape index (κ3) is 9.94. The molecule has 3 rings (SSSR count). The van der Waals surface area contributed by atoms with E-state index in [1.807, 2.05) is 0 Å². The summed E-state index contributed by atoms with van der Waals surface area (Å²) in [5.74, 6) is 1.73.